The smallest absolute Gasteiger partial charge is 0.227 e. The Morgan fingerprint density at radius 3 is 2.54 bits per heavy atom. The number of aliphatic hydroxyl groups excluding tert-OH is 1. The number of allylic oxidation sites excluding steroid dienone is 1. The molecule has 0 bridgehead atoms. The Morgan fingerprint density at radius 1 is 1.17 bits per heavy atom. The maximum Gasteiger partial charge on any atom is 0.227 e. The Bertz CT molecular complexity index is 1110. The van der Waals surface area contributed by atoms with Crippen LogP contribution < -0.4 is 4.74 Å². The topological polar surface area (TPSA) is 50.5 Å². The first-order valence-corrected chi connectivity index (χ1v) is 12.6. The average molecular weight is 478 g/mol. The van der Waals surface area contributed by atoms with E-state index in [1.807, 2.05) is 36.4 Å². The first-order valence-electron chi connectivity index (χ1n) is 12.6. The minimum absolute atomic E-state index is 0.145. The van der Waals surface area contributed by atoms with Crippen LogP contribution in [0.25, 0.3) is 5.69 Å². The summed E-state index contributed by atoms with van der Waals surface area (Å²) in [6.07, 6.45) is 5.31. The van der Waals surface area contributed by atoms with E-state index < -0.39 is 11.9 Å². The molecule has 5 nitrogen and oxygen atoms in total. The summed E-state index contributed by atoms with van der Waals surface area (Å²) in [6, 6.07) is 16.2. The molecule has 0 spiro atoms. The first-order chi connectivity index (χ1) is 17.0. The number of nitrogens with zero attached hydrogens (tertiary/aromatic N) is 3. The van der Waals surface area contributed by atoms with Gasteiger partial charge in [-0.3, -0.25) is 4.90 Å². The number of ether oxygens (including phenoxy) is 1. The average Bonchev–Trinajstić information content (AvgIpc) is 3.59. The Balaban J connectivity index is 1.74. The first kappa shape index (κ1) is 25.1. The van der Waals surface area contributed by atoms with E-state index in [0.717, 1.165) is 29.9 Å². The van der Waals surface area contributed by atoms with Crippen molar-refractivity contribution in [3.05, 3.63) is 84.3 Å². The molecule has 35 heavy (non-hydrogen) atoms. The summed E-state index contributed by atoms with van der Waals surface area (Å²) >= 11 is 0. The van der Waals surface area contributed by atoms with Gasteiger partial charge in [0.25, 0.3) is 0 Å². The lowest BCUT2D eigenvalue weighted by molar-refractivity contribution is 0.0990. The maximum atomic E-state index is 14.6. The molecule has 0 amide bonds. The van der Waals surface area contributed by atoms with E-state index in [2.05, 4.69) is 25.3 Å². The van der Waals surface area contributed by atoms with Gasteiger partial charge in [0.2, 0.25) is 5.88 Å². The molecule has 1 saturated carbocycles. The molecule has 0 unspecified atom stereocenters. The second kappa shape index (κ2) is 11.6. The SMILES string of the molecule is C=CCC[C@H](O)CN(Cc1c(C(C)C)nn(-c2ccccc2)c1Oc1ccccc1F)CC1CC1. The van der Waals surface area contributed by atoms with Gasteiger partial charge in [-0.1, -0.05) is 50.3 Å². The predicted molar refractivity (Wildman–Crippen MR) is 138 cm³/mol. The lowest BCUT2D eigenvalue weighted by Gasteiger charge is -2.26. The molecule has 0 aliphatic heterocycles. The number of aliphatic hydroxyl groups is 1. The van der Waals surface area contributed by atoms with Gasteiger partial charge in [0.1, 0.15) is 0 Å². The number of benzene rings is 2. The number of rotatable bonds is 13. The zero-order valence-electron chi connectivity index (χ0n) is 20.7. The number of hydrogen-bond donors (Lipinski definition) is 1. The third kappa shape index (κ3) is 6.59. The molecule has 2 aromatic carbocycles. The normalized spacial score (nSPS) is 14.5. The van der Waals surface area contributed by atoms with Gasteiger partial charge in [-0.25, -0.2) is 9.07 Å². The quantitative estimate of drug-likeness (QED) is 0.287. The van der Waals surface area contributed by atoms with Crippen molar-refractivity contribution in [1.82, 2.24) is 14.7 Å². The molecule has 1 atom stereocenters. The van der Waals surface area contributed by atoms with Crippen LogP contribution in [-0.4, -0.2) is 39.0 Å². The van der Waals surface area contributed by atoms with E-state index in [0.29, 0.717) is 31.3 Å². The summed E-state index contributed by atoms with van der Waals surface area (Å²) in [7, 11) is 0. The van der Waals surface area contributed by atoms with E-state index in [4.69, 9.17) is 9.84 Å². The van der Waals surface area contributed by atoms with Crippen LogP contribution in [0.1, 0.15) is 56.7 Å². The van der Waals surface area contributed by atoms with Crippen LogP contribution in [0.4, 0.5) is 4.39 Å². The van der Waals surface area contributed by atoms with Crippen molar-refractivity contribution >= 4 is 0 Å². The molecule has 3 aromatic rings. The molecular weight excluding hydrogens is 441 g/mol. The van der Waals surface area contributed by atoms with Gasteiger partial charge in [0.15, 0.2) is 11.6 Å². The van der Waals surface area contributed by atoms with Crippen LogP contribution in [0.2, 0.25) is 0 Å². The Morgan fingerprint density at radius 2 is 1.89 bits per heavy atom. The molecule has 1 aromatic heterocycles. The van der Waals surface area contributed by atoms with Crippen LogP contribution in [0.15, 0.2) is 67.3 Å². The lowest BCUT2D eigenvalue weighted by atomic mass is 10.0. The maximum absolute atomic E-state index is 14.6. The molecule has 1 heterocycles. The molecule has 0 saturated heterocycles. The van der Waals surface area contributed by atoms with Crippen LogP contribution in [0.5, 0.6) is 11.6 Å². The van der Waals surface area contributed by atoms with E-state index >= 15 is 0 Å². The fourth-order valence-corrected chi connectivity index (χ4v) is 4.34. The molecule has 1 N–H and O–H groups in total. The minimum atomic E-state index is -0.436. The van der Waals surface area contributed by atoms with E-state index in [1.54, 1.807) is 22.9 Å². The molecule has 1 fully saturated rings. The van der Waals surface area contributed by atoms with Crippen molar-refractivity contribution in [3.8, 4) is 17.3 Å². The molecule has 6 heteroatoms. The predicted octanol–water partition coefficient (Wildman–Crippen LogP) is 6.47. The Labute approximate surface area is 207 Å². The van der Waals surface area contributed by atoms with Gasteiger partial charge in [0.05, 0.1) is 23.0 Å². The molecule has 186 valence electrons. The largest absolute Gasteiger partial charge is 0.435 e. The van der Waals surface area contributed by atoms with Crippen LogP contribution in [0.3, 0.4) is 0 Å². The fourth-order valence-electron chi connectivity index (χ4n) is 4.34. The van der Waals surface area contributed by atoms with Gasteiger partial charge in [0, 0.05) is 19.6 Å². The second-order valence-electron chi connectivity index (χ2n) is 9.76. The number of hydrogen-bond acceptors (Lipinski definition) is 4. The molecular formula is C29H36FN3O2. The van der Waals surface area contributed by atoms with Crippen molar-refractivity contribution < 1.29 is 14.2 Å². The number of halogens is 1. The highest BCUT2D eigenvalue weighted by Gasteiger charge is 2.29. The van der Waals surface area contributed by atoms with Crippen LogP contribution in [-0.2, 0) is 6.54 Å². The van der Waals surface area contributed by atoms with E-state index in [9.17, 15) is 9.50 Å². The van der Waals surface area contributed by atoms with Gasteiger partial charge < -0.3 is 9.84 Å². The highest BCUT2D eigenvalue weighted by molar-refractivity contribution is 5.44. The van der Waals surface area contributed by atoms with Crippen molar-refractivity contribution in [2.45, 2.75) is 58.1 Å². The molecule has 0 radical (unpaired) electrons. The number of aromatic nitrogens is 2. The summed E-state index contributed by atoms with van der Waals surface area (Å²) in [5, 5.41) is 15.6. The third-order valence-corrected chi connectivity index (χ3v) is 6.33. The standard InChI is InChI=1S/C29H36FN3O2/c1-4-5-13-24(34)19-32(18-22-16-17-22)20-25-28(21(2)3)31-33(23-11-7-6-8-12-23)29(25)35-27-15-10-9-14-26(27)30/h4,6-12,14-15,21-22,24,34H,1,5,13,16-20H2,2-3H3/t24-/m0/s1. The number of para-hydroxylation sites is 2. The van der Waals surface area contributed by atoms with Crippen molar-refractivity contribution in [2.24, 2.45) is 5.92 Å². The Hall–Kier alpha value is -2.96. The van der Waals surface area contributed by atoms with Crippen LogP contribution >= 0.6 is 0 Å². The Kier molecular flexibility index (Phi) is 8.37. The summed E-state index contributed by atoms with van der Waals surface area (Å²) in [5.41, 5.74) is 2.71. The monoisotopic (exact) mass is 477 g/mol. The summed E-state index contributed by atoms with van der Waals surface area (Å²) in [5.74, 6) is 1.07. The van der Waals surface area contributed by atoms with Crippen molar-refractivity contribution in [2.75, 3.05) is 13.1 Å². The van der Waals surface area contributed by atoms with Gasteiger partial charge in [-0.05, 0) is 61.8 Å². The third-order valence-electron chi connectivity index (χ3n) is 6.33. The highest BCUT2D eigenvalue weighted by Crippen LogP contribution is 2.37. The van der Waals surface area contributed by atoms with Crippen molar-refractivity contribution in [3.63, 3.8) is 0 Å². The zero-order chi connectivity index (χ0) is 24.8. The van der Waals surface area contributed by atoms with E-state index in [-0.39, 0.29) is 11.7 Å². The summed E-state index contributed by atoms with van der Waals surface area (Å²) in [4.78, 5) is 2.30. The zero-order valence-corrected chi connectivity index (χ0v) is 20.7. The fraction of sp³-hybridized carbons (Fsp3) is 0.414. The van der Waals surface area contributed by atoms with E-state index in [1.165, 1.54) is 18.9 Å². The van der Waals surface area contributed by atoms with Crippen molar-refractivity contribution in [1.29, 1.82) is 0 Å². The molecule has 1 aliphatic rings. The van der Waals surface area contributed by atoms with Gasteiger partial charge in [-0.2, -0.15) is 5.10 Å². The summed E-state index contributed by atoms with van der Waals surface area (Å²) < 4.78 is 22.7. The molecule has 4 rings (SSSR count). The summed E-state index contributed by atoms with van der Waals surface area (Å²) in [6.45, 7) is 10.1. The molecule has 1 aliphatic carbocycles. The van der Waals surface area contributed by atoms with Gasteiger partial charge in [-0.15, -0.1) is 6.58 Å². The van der Waals surface area contributed by atoms with Crippen LogP contribution in [0, 0.1) is 11.7 Å². The lowest BCUT2D eigenvalue weighted by Crippen LogP contribution is -2.34. The highest BCUT2D eigenvalue weighted by atomic mass is 19.1. The second-order valence-corrected chi connectivity index (χ2v) is 9.76. The van der Waals surface area contributed by atoms with Gasteiger partial charge >= 0.3 is 0 Å². The minimum Gasteiger partial charge on any atom is -0.435 e.